The van der Waals surface area contributed by atoms with E-state index >= 15 is 0 Å². The Kier molecular flexibility index (Phi) is 14.1. The standard InChI is InChI=1S/C22H39N5O2.HI/c1-5-23-22(24-17-19(2)27-12-15-28-16-13-27)25-18-20-7-9-21(10-8-20)29-14-6-11-26(3)4;/h7-10,19H,5-6,11-18H2,1-4H3,(H2,23,24,25);1H. The van der Waals surface area contributed by atoms with Crippen molar-refractivity contribution in [1.29, 1.82) is 0 Å². The van der Waals surface area contributed by atoms with Crippen molar-refractivity contribution in [3.05, 3.63) is 29.8 Å². The van der Waals surface area contributed by atoms with Crippen molar-refractivity contribution in [1.82, 2.24) is 20.4 Å². The molecule has 0 aromatic heterocycles. The van der Waals surface area contributed by atoms with Crippen LogP contribution < -0.4 is 15.4 Å². The zero-order valence-corrected chi connectivity index (χ0v) is 21.4. The van der Waals surface area contributed by atoms with Gasteiger partial charge in [-0.1, -0.05) is 12.1 Å². The number of hydrogen-bond acceptors (Lipinski definition) is 5. The number of aliphatic imine (C=N–C) groups is 1. The van der Waals surface area contributed by atoms with E-state index in [1.165, 1.54) is 5.56 Å². The van der Waals surface area contributed by atoms with Crippen LogP contribution in [0.15, 0.2) is 29.3 Å². The molecule has 0 spiro atoms. The van der Waals surface area contributed by atoms with Crippen LogP contribution in [-0.2, 0) is 11.3 Å². The summed E-state index contributed by atoms with van der Waals surface area (Å²) in [5, 5.41) is 6.80. The molecule has 1 heterocycles. The predicted octanol–water partition coefficient (Wildman–Crippen LogP) is 2.41. The average molecular weight is 533 g/mol. The van der Waals surface area contributed by atoms with Gasteiger partial charge in [-0.2, -0.15) is 0 Å². The van der Waals surface area contributed by atoms with E-state index in [1.807, 2.05) is 12.1 Å². The summed E-state index contributed by atoms with van der Waals surface area (Å²) in [5.41, 5.74) is 1.17. The highest BCUT2D eigenvalue weighted by atomic mass is 127. The average Bonchev–Trinajstić information content (AvgIpc) is 2.74. The Labute approximate surface area is 199 Å². The smallest absolute Gasteiger partial charge is 0.191 e. The molecule has 2 N–H and O–H groups in total. The molecule has 7 nitrogen and oxygen atoms in total. The first kappa shape index (κ1) is 26.9. The third-order valence-electron chi connectivity index (χ3n) is 4.94. The van der Waals surface area contributed by atoms with Gasteiger partial charge in [-0.3, -0.25) is 4.90 Å². The van der Waals surface area contributed by atoms with Gasteiger partial charge in [0.1, 0.15) is 5.75 Å². The molecule has 1 saturated heterocycles. The summed E-state index contributed by atoms with van der Waals surface area (Å²) in [6, 6.07) is 8.68. The number of halogens is 1. The molecule has 0 saturated carbocycles. The first-order valence-electron chi connectivity index (χ1n) is 10.8. The molecule has 30 heavy (non-hydrogen) atoms. The topological polar surface area (TPSA) is 61.4 Å². The summed E-state index contributed by atoms with van der Waals surface area (Å²) in [5.74, 6) is 1.78. The molecule has 1 unspecified atom stereocenters. The maximum atomic E-state index is 5.80. The molecule has 1 aromatic rings. The maximum Gasteiger partial charge on any atom is 0.191 e. The monoisotopic (exact) mass is 533 g/mol. The third kappa shape index (κ3) is 10.8. The van der Waals surface area contributed by atoms with Crippen molar-refractivity contribution in [3.8, 4) is 5.75 Å². The SMILES string of the molecule is CCNC(=NCc1ccc(OCCCN(C)C)cc1)NCC(C)N1CCOCC1.I. The molecule has 172 valence electrons. The summed E-state index contributed by atoms with van der Waals surface area (Å²) in [7, 11) is 4.16. The van der Waals surface area contributed by atoms with Crippen LogP contribution in [0.3, 0.4) is 0 Å². The minimum Gasteiger partial charge on any atom is -0.494 e. The Bertz CT molecular complexity index is 592. The predicted molar refractivity (Wildman–Crippen MR) is 135 cm³/mol. The van der Waals surface area contributed by atoms with Crippen molar-refractivity contribution in [3.63, 3.8) is 0 Å². The Morgan fingerprint density at radius 3 is 2.53 bits per heavy atom. The summed E-state index contributed by atoms with van der Waals surface area (Å²) >= 11 is 0. The zero-order chi connectivity index (χ0) is 20.9. The molecule has 1 fully saturated rings. The number of guanidine groups is 1. The molecule has 8 heteroatoms. The van der Waals surface area contributed by atoms with Gasteiger partial charge in [0.15, 0.2) is 5.96 Å². The zero-order valence-electron chi connectivity index (χ0n) is 19.0. The minimum atomic E-state index is 0. The van der Waals surface area contributed by atoms with Crippen LogP contribution in [0.25, 0.3) is 0 Å². The number of benzene rings is 1. The van der Waals surface area contributed by atoms with Crippen LogP contribution in [0.4, 0.5) is 0 Å². The molecule has 0 aliphatic carbocycles. The summed E-state index contributed by atoms with van der Waals surface area (Å²) in [6.07, 6.45) is 1.03. The van der Waals surface area contributed by atoms with Crippen molar-refractivity contribution in [2.75, 3.05) is 66.6 Å². The molecule has 1 aromatic carbocycles. The molecule has 1 aliphatic heterocycles. The van der Waals surface area contributed by atoms with Gasteiger partial charge in [0.2, 0.25) is 0 Å². The molecule has 0 amide bonds. The van der Waals surface area contributed by atoms with Crippen molar-refractivity contribution >= 4 is 29.9 Å². The van der Waals surface area contributed by atoms with Gasteiger partial charge in [-0.05, 0) is 52.1 Å². The maximum absolute atomic E-state index is 5.80. The fraction of sp³-hybridized carbons (Fsp3) is 0.682. The Morgan fingerprint density at radius 1 is 1.20 bits per heavy atom. The van der Waals surface area contributed by atoms with Gasteiger partial charge in [0.05, 0.1) is 26.4 Å². The van der Waals surface area contributed by atoms with Gasteiger partial charge in [0, 0.05) is 38.8 Å². The van der Waals surface area contributed by atoms with E-state index in [0.29, 0.717) is 12.6 Å². The molecule has 0 radical (unpaired) electrons. The summed E-state index contributed by atoms with van der Waals surface area (Å²) in [4.78, 5) is 9.35. The van der Waals surface area contributed by atoms with Crippen molar-refractivity contribution in [2.24, 2.45) is 4.99 Å². The molecular formula is C22H40IN5O2. The van der Waals surface area contributed by atoms with Gasteiger partial charge in [0.25, 0.3) is 0 Å². The number of nitrogens with zero attached hydrogens (tertiary/aromatic N) is 3. The normalized spacial score (nSPS) is 16.1. The second-order valence-corrected chi connectivity index (χ2v) is 7.72. The highest BCUT2D eigenvalue weighted by Gasteiger charge is 2.16. The van der Waals surface area contributed by atoms with Crippen LogP contribution in [0.2, 0.25) is 0 Å². The number of hydrogen-bond donors (Lipinski definition) is 2. The number of morpholine rings is 1. The lowest BCUT2D eigenvalue weighted by molar-refractivity contribution is 0.0211. The fourth-order valence-electron chi connectivity index (χ4n) is 3.17. The molecular weight excluding hydrogens is 493 g/mol. The van der Waals surface area contributed by atoms with E-state index in [4.69, 9.17) is 14.5 Å². The van der Waals surface area contributed by atoms with Crippen LogP contribution in [0, 0.1) is 0 Å². The van der Waals surface area contributed by atoms with E-state index in [9.17, 15) is 0 Å². The van der Waals surface area contributed by atoms with Gasteiger partial charge >= 0.3 is 0 Å². The highest BCUT2D eigenvalue weighted by Crippen LogP contribution is 2.13. The molecule has 1 aliphatic rings. The van der Waals surface area contributed by atoms with Gasteiger partial charge in [-0.15, -0.1) is 24.0 Å². The van der Waals surface area contributed by atoms with E-state index in [1.54, 1.807) is 0 Å². The van der Waals surface area contributed by atoms with Crippen molar-refractivity contribution in [2.45, 2.75) is 32.9 Å². The Morgan fingerprint density at radius 2 is 1.90 bits per heavy atom. The summed E-state index contributed by atoms with van der Waals surface area (Å²) < 4.78 is 11.2. The Balaban J connectivity index is 0.00000450. The lowest BCUT2D eigenvalue weighted by Gasteiger charge is -2.32. The van der Waals surface area contributed by atoms with E-state index in [-0.39, 0.29) is 24.0 Å². The van der Waals surface area contributed by atoms with E-state index < -0.39 is 0 Å². The highest BCUT2D eigenvalue weighted by molar-refractivity contribution is 14.0. The first-order valence-corrected chi connectivity index (χ1v) is 10.8. The van der Waals surface area contributed by atoms with E-state index in [0.717, 1.165) is 70.7 Å². The van der Waals surface area contributed by atoms with Crippen LogP contribution in [0.1, 0.15) is 25.8 Å². The second-order valence-electron chi connectivity index (χ2n) is 7.72. The van der Waals surface area contributed by atoms with Gasteiger partial charge < -0.3 is 25.0 Å². The van der Waals surface area contributed by atoms with Crippen molar-refractivity contribution < 1.29 is 9.47 Å². The summed E-state index contributed by atoms with van der Waals surface area (Å²) in [6.45, 7) is 12.1. The second kappa shape index (κ2) is 15.7. The fourth-order valence-corrected chi connectivity index (χ4v) is 3.17. The number of ether oxygens (including phenoxy) is 2. The Hall–Kier alpha value is -1.10. The lowest BCUT2D eigenvalue weighted by Crippen LogP contribution is -2.49. The number of rotatable bonds is 11. The van der Waals surface area contributed by atoms with E-state index in [2.05, 4.69) is 60.5 Å². The molecule has 1 atom stereocenters. The van der Waals surface area contributed by atoms with Crippen LogP contribution >= 0.6 is 24.0 Å². The first-order chi connectivity index (χ1) is 14.1. The third-order valence-corrected chi connectivity index (χ3v) is 4.94. The molecule has 0 bridgehead atoms. The number of nitrogens with one attached hydrogen (secondary N) is 2. The lowest BCUT2D eigenvalue weighted by atomic mass is 10.2. The van der Waals surface area contributed by atoms with Gasteiger partial charge in [-0.25, -0.2) is 4.99 Å². The quantitative estimate of drug-likeness (QED) is 0.197. The largest absolute Gasteiger partial charge is 0.494 e. The molecule has 2 rings (SSSR count). The van der Waals surface area contributed by atoms with Crippen LogP contribution in [0.5, 0.6) is 5.75 Å². The van der Waals surface area contributed by atoms with Crippen LogP contribution in [-0.4, -0.2) is 88.4 Å². The minimum absolute atomic E-state index is 0.